The predicted octanol–water partition coefficient (Wildman–Crippen LogP) is 1.23. The number of ether oxygens (including phenoxy) is 1. The Labute approximate surface area is 110 Å². The summed E-state index contributed by atoms with van der Waals surface area (Å²) in [6.45, 7) is 0. The van der Waals surface area contributed by atoms with E-state index >= 15 is 0 Å². The van der Waals surface area contributed by atoms with Crippen molar-refractivity contribution in [3.63, 3.8) is 0 Å². The second-order valence-corrected chi connectivity index (χ2v) is 4.87. The predicted molar refractivity (Wildman–Crippen MR) is 65.5 cm³/mol. The highest BCUT2D eigenvalue weighted by Gasteiger charge is 2.47. The molecule has 0 atom stereocenters. The van der Waals surface area contributed by atoms with Gasteiger partial charge in [-0.05, 0) is 25.0 Å². The van der Waals surface area contributed by atoms with Gasteiger partial charge in [0, 0.05) is 6.04 Å². The average molecular weight is 259 g/mol. The molecule has 1 aromatic carbocycles. The Hall–Kier alpha value is -2.17. The van der Waals surface area contributed by atoms with Crippen LogP contribution in [0.2, 0.25) is 0 Å². The summed E-state index contributed by atoms with van der Waals surface area (Å²) in [5.41, 5.74) is 0.906. The number of nitrogens with zero attached hydrogens (tertiary/aromatic N) is 1. The van der Waals surface area contributed by atoms with Crippen molar-refractivity contribution in [2.24, 2.45) is 5.92 Å². The Morgan fingerprint density at radius 3 is 2.16 bits per heavy atom. The number of hydrogen-bond donors (Lipinski definition) is 0. The van der Waals surface area contributed by atoms with Crippen LogP contribution < -0.4 is 0 Å². The van der Waals surface area contributed by atoms with E-state index in [0.29, 0.717) is 24.0 Å². The number of fused-ring (bicyclic) bond motifs is 1. The number of rotatable bonds is 2. The first kappa shape index (κ1) is 11.9. The van der Waals surface area contributed by atoms with Crippen molar-refractivity contribution in [1.82, 2.24) is 4.90 Å². The second kappa shape index (κ2) is 4.19. The van der Waals surface area contributed by atoms with E-state index in [1.54, 1.807) is 24.3 Å². The van der Waals surface area contributed by atoms with E-state index in [9.17, 15) is 14.4 Å². The zero-order valence-corrected chi connectivity index (χ0v) is 10.5. The van der Waals surface area contributed by atoms with Gasteiger partial charge in [0.2, 0.25) is 0 Å². The van der Waals surface area contributed by atoms with Crippen LogP contribution in [0.25, 0.3) is 0 Å². The van der Waals surface area contributed by atoms with Gasteiger partial charge < -0.3 is 4.74 Å². The lowest BCUT2D eigenvalue weighted by Gasteiger charge is -2.38. The maximum atomic E-state index is 12.2. The molecule has 0 spiro atoms. The first-order valence-corrected chi connectivity index (χ1v) is 6.18. The minimum atomic E-state index is -0.271. The smallest absolute Gasteiger partial charge is 0.308 e. The Bertz CT molecular complexity index is 540. The van der Waals surface area contributed by atoms with E-state index < -0.39 is 0 Å². The van der Waals surface area contributed by atoms with E-state index in [-0.39, 0.29) is 29.7 Å². The molecule has 1 aliphatic carbocycles. The number of carbonyl (C=O) groups is 3. The molecule has 1 fully saturated rings. The summed E-state index contributed by atoms with van der Waals surface area (Å²) < 4.78 is 4.65. The molecule has 3 rings (SSSR count). The number of hydrogen-bond acceptors (Lipinski definition) is 4. The molecule has 98 valence electrons. The van der Waals surface area contributed by atoms with Crippen LogP contribution in [0.5, 0.6) is 0 Å². The van der Waals surface area contributed by atoms with Gasteiger partial charge in [0.15, 0.2) is 0 Å². The first-order chi connectivity index (χ1) is 9.13. The monoisotopic (exact) mass is 259 g/mol. The lowest BCUT2D eigenvalue weighted by atomic mass is 9.79. The molecule has 0 saturated heterocycles. The van der Waals surface area contributed by atoms with Gasteiger partial charge in [0.05, 0.1) is 24.2 Å². The van der Waals surface area contributed by atoms with E-state index in [4.69, 9.17) is 0 Å². The summed E-state index contributed by atoms with van der Waals surface area (Å²) in [6.07, 6.45) is 0.996. The number of carbonyl (C=O) groups excluding carboxylic acids is 3. The normalized spacial score (nSPS) is 25.0. The fraction of sp³-hybridized carbons (Fsp3) is 0.357. The molecule has 0 radical (unpaired) electrons. The van der Waals surface area contributed by atoms with E-state index in [2.05, 4.69) is 4.74 Å². The SMILES string of the molecule is COC(=O)C1CC(N2C(=O)c3ccccc3C2=O)C1. The van der Waals surface area contributed by atoms with Gasteiger partial charge >= 0.3 is 5.97 Å². The molecular formula is C14H13NO4. The van der Waals surface area contributed by atoms with Crippen molar-refractivity contribution in [3.8, 4) is 0 Å². The zero-order chi connectivity index (χ0) is 13.6. The largest absolute Gasteiger partial charge is 0.469 e. The third kappa shape index (κ3) is 1.65. The Balaban J connectivity index is 1.78. The highest BCUT2D eigenvalue weighted by Crippen LogP contribution is 2.37. The molecule has 0 N–H and O–H groups in total. The van der Waals surface area contributed by atoms with Gasteiger partial charge in [0.25, 0.3) is 11.8 Å². The van der Waals surface area contributed by atoms with Crippen molar-refractivity contribution >= 4 is 17.8 Å². The third-order valence-electron chi connectivity index (χ3n) is 3.84. The lowest BCUT2D eigenvalue weighted by Crippen LogP contribution is -2.49. The van der Waals surface area contributed by atoms with Gasteiger partial charge in [-0.25, -0.2) is 0 Å². The van der Waals surface area contributed by atoms with Gasteiger partial charge in [-0.2, -0.15) is 0 Å². The van der Waals surface area contributed by atoms with Crippen LogP contribution in [0.3, 0.4) is 0 Å². The number of imide groups is 1. The molecule has 2 amide bonds. The number of benzene rings is 1. The Morgan fingerprint density at radius 2 is 1.68 bits per heavy atom. The average Bonchev–Trinajstić information content (AvgIpc) is 2.62. The lowest BCUT2D eigenvalue weighted by molar-refractivity contribution is -0.150. The van der Waals surface area contributed by atoms with Crippen LogP contribution in [0, 0.1) is 5.92 Å². The molecule has 0 unspecified atom stereocenters. The molecule has 5 nitrogen and oxygen atoms in total. The van der Waals surface area contributed by atoms with Crippen molar-refractivity contribution < 1.29 is 19.1 Å². The topological polar surface area (TPSA) is 63.7 Å². The minimum absolute atomic E-state index is 0.184. The van der Waals surface area contributed by atoms with Gasteiger partial charge in [-0.3, -0.25) is 19.3 Å². The van der Waals surface area contributed by atoms with Crippen LogP contribution in [0.15, 0.2) is 24.3 Å². The van der Waals surface area contributed by atoms with E-state index in [0.717, 1.165) is 0 Å². The van der Waals surface area contributed by atoms with Crippen LogP contribution in [-0.4, -0.2) is 35.8 Å². The Morgan fingerprint density at radius 1 is 1.16 bits per heavy atom. The van der Waals surface area contributed by atoms with Crippen LogP contribution in [0.1, 0.15) is 33.6 Å². The molecular weight excluding hydrogens is 246 g/mol. The van der Waals surface area contributed by atoms with Gasteiger partial charge in [-0.1, -0.05) is 12.1 Å². The van der Waals surface area contributed by atoms with Crippen molar-refractivity contribution in [2.75, 3.05) is 7.11 Å². The van der Waals surface area contributed by atoms with Crippen LogP contribution in [-0.2, 0) is 9.53 Å². The van der Waals surface area contributed by atoms with Gasteiger partial charge in [0.1, 0.15) is 0 Å². The maximum absolute atomic E-state index is 12.2. The highest BCUT2D eigenvalue weighted by atomic mass is 16.5. The summed E-state index contributed by atoms with van der Waals surface area (Å²) in [4.78, 5) is 37.0. The maximum Gasteiger partial charge on any atom is 0.308 e. The van der Waals surface area contributed by atoms with E-state index in [1.807, 2.05) is 0 Å². The summed E-state index contributed by atoms with van der Waals surface area (Å²) in [5.74, 6) is -0.977. The summed E-state index contributed by atoms with van der Waals surface area (Å²) in [5, 5.41) is 0. The summed E-state index contributed by atoms with van der Waals surface area (Å²) >= 11 is 0. The van der Waals surface area contributed by atoms with Crippen LogP contribution >= 0.6 is 0 Å². The van der Waals surface area contributed by atoms with Crippen LogP contribution in [0.4, 0.5) is 0 Å². The standard InChI is InChI=1S/C14H13NO4/c1-19-14(18)8-6-9(7-8)15-12(16)10-4-2-3-5-11(10)13(15)17/h2-5,8-9H,6-7H2,1H3. The summed E-state index contributed by atoms with van der Waals surface area (Å²) in [7, 11) is 1.34. The molecule has 0 bridgehead atoms. The fourth-order valence-corrected chi connectivity index (χ4v) is 2.70. The molecule has 1 heterocycles. The molecule has 1 aromatic rings. The van der Waals surface area contributed by atoms with E-state index in [1.165, 1.54) is 12.0 Å². The number of methoxy groups -OCH3 is 1. The Kier molecular flexibility index (Phi) is 2.62. The van der Waals surface area contributed by atoms with Crippen molar-refractivity contribution in [3.05, 3.63) is 35.4 Å². The quantitative estimate of drug-likeness (QED) is 0.592. The molecule has 5 heteroatoms. The fourth-order valence-electron chi connectivity index (χ4n) is 2.70. The van der Waals surface area contributed by atoms with Crippen molar-refractivity contribution in [1.29, 1.82) is 0 Å². The van der Waals surface area contributed by atoms with Crippen molar-refractivity contribution in [2.45, 2.75) is 18.9 Å². The van der Waals surface area contributed by atoms with Gasteiger partial charge in [-0.15, -0.1) is 0 Å². The number of esters is 1. The number of amides is 2. The molecule has 1 aliphatic heterocycles. The highest BCUT2D eigenvalue weighted by molar-refractivity contribution is 6.21. The summed E-state index contributed by atoms with van der Waals surface area (Å²) in [6, 6.07) is 6.62. The zero-order valence-electron chi connectivity index (χ0n) is 10.5. The molecule has 19 heavy (non-hydrogen) atoms. The second-order valence-electron chi connectivity index (χ2n) is 4.87. The molecule has 1 saturated carbocycles. The first-order valence-electron chi connectivity index (χ1n) is 6.18. The third-order valence-corrected chi connectivity index (χ3v) is 3.84. The molecule has 2 aliphatic rings. The minimum Gasteiger partial charge on any atom is -0.469 e. The molecule has 0 aromatic heterocycles.